The van der Waals surface area contributed by atoms with Crippen molar-refractivity contribution in [2.45, 2.75) is 39.3 Å². The lowest BCUT2D eigenvalue weighted by Crippen LogP contribution is -2.22. The van der Waals surface area contributed by atoms with Crippen molar-refractivity contribution < 1.29 is 9.53 Å². The third-order valence-corrected chi connectivity index (χ3v) is 5.20. The molecule has 0 saturated carbocycles. The lowest BCUT2D eigenvalue weighted by Gasteiger charge is -2.15. The van der Waals surface area contributed by atoms with Crippen molar-refractivity contribution in [1.82, 2.24) is 9.78 Å². The number of aryl methyl sites for hydroxylation is 1. The topological polar surface area (TPSA) is 70.1 Å². The minimum Gasteiger partial charge on any atom is -0.366 e. The maximum absolute atomic E-state index is 11.2. The third-order valence-electron chi connectivity index (χ3n) is 3.50. The van der Waals surface area contributed by atoms with Crippen LogP contribution in [0.3, 0.4) is 0 Å². The van der Waals surface area contributed by atoms with Gasteiger partial charge in [-0.3, -0.25) is 4.79 Å². The molecule has 2 aromatic rings. The largest absolute Gasteiger partial charge is 0.366 e. The maximum atomic E-state index is 11.2. The fourth-order valence-electron chi connectivity index (χ4n) is 2.07. The van der Waals surface area contributed by atoms with Crippen LogP contribution in [0.1, 0.15) is 16.1 Å². The fraction of sp³-hybridized carbons (Fsp3) is 0.467. The summed E-state index contributed by atoms with van der Waals surface area (Å²) in [5.74, 6) is -0.435. The molecule has 0 aliphatic heterocycles. The summed E-state index contributed by atoms with van der Waals surface area (Å²) in [6.07, 6.45) is 0. The molecule has 2 rings (SSSR count). The average molecular weight is 305 g/mol. The first-order chi connectivity index (χ1) is 9.78. The quantitative estimate of drug-likeness (QED) is 0.659. The SMILES string of the molecule is Cc1c2ccc(C(N)=O)cc2nn1COCC[Si](C)(C)C. The number of nitrogens with zero attached hydrogens (tertiary/aromatic N) is 2. The summed E-state index contributed by atoms with van der Waals surface area (Å²) < 4.78 is 7.56. The number of hydrogen-bond acceptors (Lipinski definition) is 3. The van der Waals surface area contributed by atoms with Gasteiger partial charge in [-0.05, 0) is 25.1 Å². The predicted molar refractivity (Wildman–Crippen MR) is 87.1 cm³/mol. The Morgan fingerprint density at radius 2 is 2.10 bits per heavy atom. The van der Waals surface area contributed by atoms with Crippen LogP contribution < -0.4 is 5.73 Å². The normalized spacial score (nSPS) is 12.0. The van der Waals surface area contributed by atoms with E-state index in [-0.39, 0.29) is 0 Å². The first-order valence-corrected chi connectivity index (χ1v) is 10.8. The highest BCUT2D eigenvalue weighted by Crippen LogP contribution is 2.19. The molecule has 0 radical (unpaired) electrons. The van der Waals surface area contributed by atoms with E-state index < -0.39 is 14.0 Å². The number of carbonyl (C=O) groups is 1. The van der Waals surface area contributed by atoms with E-state index in [2.05, 4.69) is 24.7 Å². The second-order valence-electron chi connectivity index (χ2n) is 6.53. The highest BCUT2D eigenvalue weighted by atomic mass is 28.3. The van der Waals surface area contributed by atoms with Crippen LogP contribution in [0, 0.1) is 6.92 Å². The van der Waals surface area contributed by atoms with Gasteiger partial charge in [-0.25, -0.2) is 4.68 Å². The zero-order chi connectivity index (χ0) is 15.6. The third kappa shape index (κ3) is 3.92. The number of aromatic nitrogens is 2. The monoisotopic (exact) mass is 305 g/mol. The van der Waals surface area contributed by atoms with Crippen molar-refractivity contribution in [3.63, 3.8) is 0 Å². The standard InChI is InChI=1S/C15H23N3O2Si/c1-11-13-6-5-12(15(16)19)9-14(13)17-18(11)10-20-7-8-21(2,3)4/h5-6,9H,7-8,10H2,1-4H3,(H2,16,19). The second-order valence-corrected chi connectivity index (χ2v) is 12.2. The Morgan fingerprint density at radius 3 is 2.71 bits per heavy atom. The van der Waals surface area contributed by atoms with Crippen molar-refractivity contribution in [3.05, 3.63) is 29.5 Å². The van der Waals surface area contributed by atoms with E-state index in [0.29, 0.717) is 12.3 Å². The van der Waals surface area contributed by atoms with Crippen molar-refractivity contribution in [2.75, 3.05) is 6.61 Å². The molecule has 21 heavy (non-hydrogen) atoms. The minimum absolute atomic E-state index is 0.435. The molecule has 1 heterocycles. The smallest absolute Gasteiger partial charge is 0.248 e. The molecule has 0 aliphatic carbocycles. The highest BCUT2D eigenvalue weighted by Gasteiger charge is 2.13. The lowest BCUT2D eigenvalue weighted by molar-refractivity contribution is 0.0777. The number of carbonyl (C=O) groups excluding carboxylic acids is 1. The molecule has 1 aromatic heterocycles. The number of benzene rings is 1. The van der Waals surface area contributed by atoms with Gasteiger partial charge in [-0.1, -0.05) is 25.7 Å². The number of nitrogens with two attached hydrogens (primary N) is 1. The molecule has 5 nitrogen and oxygen atoms in total. The van der Waals surface area contributed by atoms with Crippen LogP contribution in [-0.4, -0.2) is 30.4 Å². The number of rotatable bonds is 6. The molecular formula is C15H23N3O2Si. The number of hydrogen-bond donors (Lipinski definition) is 1. The molecular weight excluding hydrogens is 282 g/mol. The second kappa shape index (κ2) is 5.99. The fourth-order valence-corrected chi connectivity index (χ4v) is 2.83. The Morgan fingerprint density at radius 1 is 1.38 bits per heavy atom. The van der Waals surface area contributed by atoms with Crippen LogP contribution in [0.2, 0.25) is 25.7 Å². The zero-order valence-corrected chi connectivity index (χ0v) is 14.1. The van der Waals surface area contributed by atoms with Crippen LogP contribution in [0.15, 0.2) is 18.2 Å². The van der Waals surface area contributed by atoms with E-state index in [1.165, 1.54) is 0 Å². The van der Waals surface area contributed by atoms with Crippen LogP contribution in [0.4, 0.5) is 0 Å². The Kier molecular flexibility index (Phi) is 4.48. The van der Waals surface area contributed by atoms with Gasteiger partial charge in [0.15, 0.2) is 0 Å². The maximum Gasteiger partial charge on any atom is 0.248 e. The molecule has 0 bridgehead atoms. The van der Waals surface area contributed by atoms with Crippen molar-refractivity contribution in [2.24, 2.45) is 5.73 Å². The molecule has 0 spiro atoms. The van der Waals surface area contributed by atoms with Gasteiger partial charge in [0.1, 0.15) is 6.73 Å². The van der Waals surface area contributed by atoms with Gasteiger partial charge in [0.2, 0.25) is 5.91 Å². The minimum atomic E-state index is -1.07. The molecule has 0 atom stereocenters. The van der Waals surface area contributed by atoms with Gasteiger partial charge < -0.3 is 10.5 Å². The average Bonchev–Trinajstić information content (AvgIpc) is 2.70. The highest BCUT2D eigenvalue weighted by molar-refractivity contribution is 6.76. The van der Waals surface area contributed by atoms with E-state index >= 15 is 0 Å². The Bertz CT molecular complexity index is 659. The van der Waals surface area contributed by atoms with E-state index in [4.69, 9.17) is 10.5 Å². The van der Waals surface area contributed by atoms with Crippen molar-refractivity contribution in [1.29, 1.82) is 0 Å². The summed E-state index contributed by atoms with van der Waals surface area (Å²) >= 11 is 0. The summed E-state index contributed by atoms with van der Waals surface area (Å²) in [6.45, 7) is 10.2. The number of fused-ring (bicyclic) bond motifs is 1. The molecule has 0 fully saturated rings. The molecule has 0 saturated heterocycles. The van der Waals surface area contributed by atoms with Gasteiger partial charge in [0.05, 0.1) is 5.52 Å². The van der Waals surface area contributed by atoms with Crippen molar-refractivity contribution in [3.8, 4) is 0 Å². The molecule has 2 N–H and O–H groups in total. The number of amides is 1. The van der Waals surface area contributed by atoms with E-state index in [1.807, 2.05) is 17.7 Å². The number of ether oxygens (including phenoxy) is 1. The predicted octanol–water partition coefficient (Wildman–Crippen LogP) is 2.76. The van der Waals surface area contributed by atoms with Gasteiger partial charge in [-0.2, -0.15) is 5.10 Å². The van der Waals surface area contributed by atoms with Gasteiger partial charge >= 0.3 is 0 Å². The van der Waals surface area contributed by atoms with Gasteiger partial charge in [-0.15, -0.1) is 0 Å². The van der Waals surface area contributed by atoms with Crippen LogP contribution in [0.25, 0.3) is 10.9 Å². The molecule has 114 valence electrons. The first kappa shape index (κ1) is 15.7. The molecule has 0 unspecified atom stereocenters. The Labute approximate surface area is 126 Å². The van der Waals surface area contributed by atoms with E-state index in [9.17, 15) is 4.79 Å². The zero-order valence-electron chi connectivity index (χ0n) is 13.1. The Hall–Kier alpha value is -1.66. The van der Waals surface area contributed by atoms with Crippen LogP contribution >= 0.6 is 0 Å². The molecule has 6 heteroatoms. The van der Waals surface area contributed by atoms with Gasteiger partial charge in [0.25, 0.3) is 0 Å². The van der Waals surface area contributed by atoms with Crippen LogP contribution in [0.5, 0.6) is 0 Å². The summed E-state index contributed by atoms with van der Waals surface area (Å²) in [5.41, 5.74) is 7.58. The molecule has 1 amide bonds. The summed E-state index contributed by atoms with van der Waals surface area (Å²) in [6, 6.07) is 6.48. The molecule has 1 aromatic carbocycles. The Balaban J connectivity index is 2.10. The number of primary amides is 1. The summed E-state index contributed by atoms with van der Waals surface area (Å²) in [5, 5.41) is 5.51. The summed E-state index contributed by atoms with van der Waals surface area (Å²) in [7, 11) is -1.07. The first-order valence-electron chi connectivity index (χ1n) is 7.13. The van der Waals surface area contributed by atoms with E-state index in [1.54, 1.807) is 12.1 Å². The molecule has 0 aliphatic rings. The van der Waals surface area contributed by atoms with Crippen LogP contribution in [-0.2, 0) is 11.5 Å². The summed E-state index contributed by atoms with van der Waals surface area (Å²) in [4.78, 5) is 11.2. The van der Waals surface area contributed by atoms with Crippen molar-refractivity contribution >= 4 is 24.9 Å². The van der Waals surface area contributed by atoms with E-state index in [0.717, 1.165) is 29.2 Å². The lowest BCUT2D eigenvalue weighted by atomic mass is 10.1. The van der Waals surface area contributed by atoms with Gasteiger partial charge in [0, 0.05) is 31.3 Å².